The van der Waals surface area contributed by atoms with E-state index >= 15 is 0 Å². The first kappa shape index (κ1) is 17.7. The number of hydrogen-bond acceptors (Lipinski definition) is 2. The summed E-state index contributed by atoms with van der Waals surface area (Å²) in [6.07, 6.45) is -4.15. The molecule has 5 heteroatoms. The first-order chi connectivity index (χ1) is 8.31. The van der Waals surface area contributed by atoms with Crippen molar-refractivity contribution in [3.8, 4) is 0 Å². The molecule has 0 aliphatic heterocycles. The number of rotatable bonds is 9. The topological polar surface area (TPSA) is 21.3 Å². The van der Waals surface area contributed by atoms with Crippen LogP contribution in [0.3, 0.4) is 0 Å². The lowest BCUT2D eigenvalue weighted by molar-refractivity contribution is -0.136. The lowest BCUT2D eigenvalue weighted by Crippen LogP contribution is -2.44. The zero-order valence-corrected chi connectivity index (χ0v) is 11.8. The van der Waals surface area contributed by atoms with Crippen molar-refractivity contribution in [3.63, 3.8) is 0 Å². The van der Waals surface area contributed by atoms with Crippen molar-refractivity contribution < 1.29 is 17.9 Å². The van der Waals surface area contributed by atoms with E-state index < -0.39 is 12.6 Å². The molecule has 0 saturated carbocycles. The summed E-state index contributed by atoms with van der Waals surface area (Å²) in [5.74, 6) is 0.292. The highest BCUT2D eigenvalue weighted by molar-refractivity contribution is 4.79. The Labute approximate surface area is 108 Å². The summed E-state index contributed by atoms with van der Waals surface area (Å²) in [6, 6.07) is -0.00250. The first-order valence-corrected chi connectivity index (χ1v) is 6.73. The Hall–Kier alpha value is -0.290. The molecule has 18 heavy (non-hydrogen) atoms. The van der Waals surface area contributed by atoms with Gasteiger partial charge in [0.2, 0.25) is 0 Å². The maximum atomic E-state index is 12.1. The van der Waals surface area contributed by atoms with E-state index in [2.05, 4.69) is 5.32 Å². The molecule has 0 aromatic rings. The number of hydrogen-bond donors (Lipinski definition) is 1. The third-order valence-electron chi connectivity index (χ3n) is 2.85. The predicted octanol–water partition coefficient (Wildman–Crippen LogP) is 3.76. The van der Waals surface area contributed by atoms with Crippen LogP contribution in [-0.2, 0) is 4.74 Å². The van der Waals surface area contributed by atoms with Crippen molar-refractivity contribution in [2.24, 2.45) is 5.92 Å². The van der Waals surface area contributed by atoms with E-state index in [1.54, 1.807) is 0 Å². The molecular weight excluding hydrogens is 243 g/mol. The maximum absolute atomic E-state index is 12.1. The fraction of sp³-hybridized carbons (Fsp3) is 1.00. The molecule has 2 nitrogen and oxygen atoms in total. The van der Waals surface area contributed by atoms with Crippen molar-refractivity contribution >= 4 is 0 Å². The summed E-state index contributed by atoms with van der Waals surface area (Å²) in [4.78, 5) is 0. The highest BCUT2D eigenvalue weighted by Gasteiger charge is 2.29. The normalized spacial score (nSPS) is 16.0. The lowest BCUT2D eigenvalue weighted by Gasteiger charge is -2.30. The van der Waals surface area contributed by atoms with Gasteiger partial charge in [-0.25, -0.2) is 0 Å². The minimum Gasteiger partial charge on any atom is -0.377 e. The number of likely N-dealkylation sites (N-methyl/N-ethyl adjacent to an activating group) is 1. The average Bonchev–Trinajstić information content (AvgIpc) is 2.23. The summed E-state index contributed by atoms with van der Waals surface area (Å²) in [7, 11) is 0. The van der Waals surface area contributed by atoms with Crippen LogP contribution in [0.15, 0.2) is 0 Å². The van der Waals surface area contributed by atoms with E-state index in [-0.39, 0.29) is 18.6 Å². The Morgan fingerprint density at radius 2 is 1.78 bits per heavy atom. The molecule has 0 saturated heterocycles. The van der Waals surface area contributed by atoms with Crippen LogP contribution in [-0.4, -0.2) is 31.5 Å². The minimum atomic E-state index is -4.06. The monoisotopic (exact) mass is 269 g/mol. The Morgan fingerprint density at radius 1 is 1.17 bits per heavy atom. The van der Waals surface area contributed by atoms with E-state index in [1.807, 2.05) is 27.7 Å². The first-order valence-electron chi connectivity index (χ1n) is 6.73. The van der Waals surface area contributed by atoms with Crippen LogP contribution in [0.4, 0.5) is 13.2 Å². The van der Waals surface area contributed by atoms with Crippen LogP contribution in [0.2, 0.25) is 0 Å². The zero-order chi connectivity index (χ0) is 14.2. The number of nitrogens with one attached hydrogen (secondary N) is 1. The van der Waals surface area contributed by atoms with Gasteiger partial charge in [0, 0.05) is 19.1 Å². The molecular formula is C13H26F3NO. The fourth-order valence-electron chi connectivity index (χ4n) is 2.13. The number of halogens is 3. The van der Waals surface area contributed by atoms with Crippen molar-refractivity contribution in [2.75, 3.05) is 13.2 Å². The second-order valence-corrected chi connectivity index (χ2v) is 4.84. The van der Waals surface area contributed by atoms with Crippen molar-refractivity contribution in [1.82, 2.24) is 5.32 Å². The van der Waals surface area contributed by atoms with E-state index in [4.69, 9.17) is 4.74 Å². The quantitative estimate of drug-likeness (QED) is 0.688. The summed E-state index contributed by atoms with van der Waals surface area (Å²) >= 11 is 0. The molecule has 110 valence electrons. The van der Waals surface area contributed by atoms with Gasteiger partial charge >= 0.3 is 6.18 Å². The van der Waals surface area contributed by atoms with Gasteiger partial charge in [-0.05, 0) is 32.2 Å². The second kappa shape index (κ2) is 8.75. The molecule has 0 aromatic heterocycles. The molecule has 0 aliphatic carbocycles. The molecule has 1 N–H and O–H groups in total. The molecule has 0 fully saturated rings. The van der Waals surface area contributed by atoms with Crippen molar-refractivity contribution in [2.45, 2.75) is 65.3 Å². The second-order valence-electron chi connectivity index (χ2n) is 4.84. The summed E-state index contributed by atoms with van der Waals surface area (Å²) in [5.41, 5.74) is 0. The third-order valence-corrected chi connectivity index (χ3v) is 2.85. The van der Waals surface area contributed by atoms with Crippen molar-refractivity contribution in [1.29, 1.82) is 0 Å². The van der Waals surface area contributed by atoms with E-state index in [0.717, 1.165) is 6.54 Å². The number of ether oxygens (including phenoxy) is 1. The Morgan fingerprint density at radius 3 is 2.17 bits per heavy atom. The van der Waals surface area contributed by atoms with Gasteiger partial charge in [0.1, 0.15) is 0 Å². The Balaban J connectivity index is 4.33. The van der Waals surface area contributed by atoms with Crippen molar-refractivity contribution in [3.05, 3.63) is 0 Å². The van der Waals surface area contributed by atoms with Gasteiger partial charge in [-0.15, -0.1) is 0 Å². The molecule has 0 rings (SSSR count). The molecule has 0 aliphatic rings. The van der Waals surface area contributed by atoms with Crippen LogP contribution in [0.25, 0.3) is 0 Å². The largest absolute Gasteiger partial charge is 0.389 e. The van der Waals surface area contributed by atoms with E-state index in [0.29, 0.717) is 18.9 Å². The van der Waals surface area contributed by atoms with Gasteiger partial charge in [-0.1, -0.05) is 20.8 Å². The van der Waals surface area contributed by atoms with E-state index in [9.17, 15) is 13.2 Å². The van der Waals surface area contributed by atoms with Crippen LogP contribution in [0, 0.1) is 5.92 Å². The van der Waals surface area contributed by atoms with Gasteiger partial charge in [0.05, 0.1) is 6.10 Å². The van der Waals surface area contributed by atoms with Crippen LogP contribution < -0.4 is 5.32 Å². The smallest absolute Gasteiger partial charge is 0.377 e. The van der Waals surface area contributed by atoms with Gasteiger partial charge in [0.15, 0.2) is 0 Å². The Kier molecular flexibility index (Phi) is 8.61. The standard InChI is InChI=1S/C13H26F3NO/c1-5-17-11(8-7-9-13(14,15)16)12(10(3)4)18-6-2/h10-12,17H,5-9H2,1-4H3. The molecule has 0 spiro atoms. The summed E-state index contributed by atoms with van der Waals surface area (Å²) in [6.45, 7) is 9.27. The van der Waals surface area contributed by atoms with Gasteiger partial charge in [0.25, 0.3) is 0 Å². The van der Waals surface area contributed by atoms with Gasteiger partial charge in [-0.2, -0.15) is 13.2 Å². The Bertz CT molecular complexity index is 207. The SMILES string of the molecule is CCNC(CCCC(F)(F)F)C(OCC)C(C)C. The average molecular weight is 269 g/mol. The lowest BCUT2D eigenvalue weighted by atomic mass is 9.95. The zero-order valence-electron chi connectivity index (χ0n) is 11.8. The van der Waals surface area contributed by atoms with Crippen LogP contribution >= 0.6 is 0 Å². The van der Waals surface area contributed by atoms with Gasteiger partial charge < -0.3 is 10.1 Å². The highest BCUT2D eigenvalue weighted by atomic mass is 19.4. The molecule has 2 atom stereocenters. The predicted molar refractivity (Wildman–Crippen MR) is 67.6 cm³/mol. The van der Waals surface area contributed by atoms with Crippen LogP contribution in [0.5, 0.6) is 0 Å². The summed E-state index contributed by atoms with van der Waals surface area (Å²) < 4.78 is 42.1. The molecule has 0 bridgehead atoms. The number of alkyl halides is 3. The molecule has 0 heterocycles. The molecule has 2 unspecified atom stereocenters. The molecule has 0 radical (unpaired) electrons. The third kappa shape index (κ3) is 7.93. The minimum absolute atomic E-state index is 0.00250. The van der Waals surface area contributed by atoms with Gasteiger partial charge in [-0.3, -0.25) is 0 Å². The van der Waals surface area contributed by atoms with E-state index in [1.165, 1.54) is 0 Å². The maximum Gasteiger partial charge on any atom is 0.389 e. The highest BCUT2D eigenvalue weighted by Crippen LogP contribution is 2.24. The van der Waals surface area contributed by atoms with Crippen LogP contribution in [0.1, 0.15) is 47.0 Å². The summed E-state index contributed by atoms with van der Waals surface area (Å²) in [5, 5.41) is 3.24. The molecule has 0 amide bonds. The molecule has 0 aromatic carbocycles. The fourth-order valence-corrected chi connectivity index (χ4v) is 2.13.